The number of aromatic nitrogens is 3. The number of rotatable bonds is 4. The molecule has 6 nitrogen and oxygen atoms in total. The average molecular weight is 299 g/mol. The molecule has 0 aliphatic carbocycles. The number of hydrogen-bond donors (Lipinski definition) is 1. The first-order valence-corrected chi connectivity index (χ1v) is 7.81. The lowest BCUT2D eigenvalue weighted by Crippen LogP contribution is -2.30. The lowest BCUT2D eigenvalue weighted by molar-refractivity contribution is 0.573. The van der Waals surface area contributed by atoms with E-state index in [1.54, 1.807) is 23.2 Å². The molecule has 0 saturated carbocycles. The Bertz CT molecular complexity index is 674. The molecule has 3 rings (SSSR count). The van der Waals surface area contributed by atoms with E-state index in [9.17, 15) is 4.79 Å². The molecule has 0 bridgehead atoms. The highest BCUT2D eigenvalue weighted by atomic mass is 16.1. The van der Waals surface area contributed by atoms with Gasteiger partial charge in [0.15, 0.2) is 5.82 Å². The molecule has 0 unspecified atom stereocenters. The molecule has 1 aliphatic heterocycles. The summed E-state index contributed by atoms with van der Waals surface area (Å²) in [6.07, 6.45) is 8.83. The number of hydrogen-bond acceptors (Lipinski definition) is 5. The topological polar surface area (TPSA) is 63.1 Å². The molecule has 2 aromatic heterocycles. The van der Waals surface area contributed by atoms with Crippen LogP contribution in [0, 0.1) is 0 Å². The third kappa shape index (κ3) is 3.10. The van der Waals surface area contributed by atoms with Crippen LogP contribution in [0.2, 0.25) is 0 Å². The molecular formula is C16H21N5O. The largest absolute Gasteiger partial charge is 0.357 e. The minimum Gasteiger partial charge on any atom is -0.357 e. The van der Waals surface area contributed by atoms with Crippen molar-refractivity contribution in [1.29, 1.82) is 0 Å². The molecule has 1 N–H and O–H groups in total. The summed E-state index contributed by atoms with van der Waals surface area (Å²) >= 11 is 0. The van der Waals surface area contributed by atoms with Crippen LogP contribution in [0.1, 0.15) is 26.2 Å². The molecule has 0 amide bonds. The first-order chi connectivity index (χ1) is 10.8. The Kier molecular flexibility index (Phi) is 4.37. The smallest absolute Gasteiger partial charge is 0.293 e. The number of nitrogens with one attached hydrogen (secondary N) is 1. The number of aryl methyl sites for hydroxylation is 1. The van der Waals surface area contributed by atoms with Crippen LogP contribution in [-0.4, -0.2) is 27.6 Å². The zero-order chi connectivity index (χ0) is 15.4. The maximum Gasteiger partial charge on any atom is 0.293 e. The average Bonchev–Trinajstić information content (AvgIpc) is 2.58. The number of piperidine rings is 1. The normalized spacial score (nSPS) is 14.9. The molecule has 0 radical (unpaired) electrons. The highest BCUT2D eigenvalue weighted by Crippen LogP contribution is 2.19. The van der Waals surface area contributed by atoms with E-state index in [-0.39, 0.29) is 5.56 Å². The summed E-state index contributed by atoms with van der Waals surface area (Å²) < 4.78 is 1.62. The summed E-state index contributed by atoms with van der Waals surface area (Å²) in [5.41, 5.74) is 0.657. The van der Waals surface area contributed by atoms with Gasteiger partial charge in [-0.15, -0.1) is 0 Å². The Morgan fingerprint density at radius 3 is 2.68 bits per heavy atom. The van der Waals surface area contributed by atoms with Crippen LogP contribution in [0.4, 0.5) is 17.3 Å². The van der Waals surface area contributed by atoms with Gasteiger partial charge in [0.1, 0.15) is 5.82 Å². The molecule has 1 saturated heterocycles. The molecule has 0 atom stereocenters. The van der Waals surface area contributed by atoms with Gasteiger partial charge in [0.2, 0.25) is 0 Å². The predicted molar refractivity (Wildman–Crippen MR) is 87.8 cm³/mol. The second kappa shape index (κ2) is 6.60. The summed E-state index contributed by atoms with van der Waals surface area (Å²) in [6, 6.07) is 3.94. The van der Waals surface area contributed by atoms with Crippen LogP contribution < -0.4 is 15.8 Å². The second-order valence-electron chi connectivity index (χ2n) is 5.44. The van der Waals surface area contributed by atoms with E-state index in [4.69, 9.17) is 0 Å². The summed E-state index contributed by atoms with van der Waals surface area (Å²) in [5, 5.41) is 3.05. The van der Waals surface area contributed by atoms with Gasteiger partial charge < -0.3 is 14.8 Å². The molecule has 0 spiro atoms. The molecule has 3 heterocycles. The van der Waals surface area contributed by atoms with Crippen LogP contribution in [0.3, 0.4) is 0 Å². The van der Waals surface area contributed by atoms with E-state index in [0.29, 0.717) is 12.4 Å². The first kappa shape index (κ1) is 14.6. The molecule has 116 valence electrons. The number of pyridine rings is 1. The Morgan fingerprint density at radius 2 is 2.00 bits per heavy atom. The van der Waals surface area contributed by atoms with Crippen molar-refractivity contribution in [3.05, 3.63) is 41.1 Å². The Labute approximate surface area is 129 Å². The van der Waals surface area contributed by atoms with Gasteiger partial charge in [-0.25, -0.2) is 9.97 Å². The van der Waals surface area contributed by atoms with Gasteiger partial charge in [-0.1, -0.05) is 0 Å². The van der Waals surface area contributed by atoms with Crippen LogP contribution >= 0.6 is 0 Å². The van der Waals surface area contributed by atoms with E-state index in [1.165, 1.54) is 19.3 Å². The summed E-state index contributed by atoms with van der Waals surface area (Å²) in [5.74, 6) is 1.33. The Morgan fingerprint density at radius 1 is 1.18 bits per heavy atom. The summed E-state index contributed by atoms with van der Waals surface area (Å²) in [4.78, 5) is 23.0. The van der Waals surface area contributed by atoms with E-state index in [1.807, 2.05) is 19.1 Å². The third-order valence-electron chi connectivity index (χ3n) is 3.95. The van der Waals surface area contributed by atoms with Crippen LogP contribution in [0.25, 0.3) is 0 Å². The molecule has 22 heavy (non-hydrogen) atoms. The second-order valence-corrected chi connectivity index (χ2v) is 5.44. The highest BCUT2D eigenvalue weighted by molar-refractivity contribution is 5.56. The molecule has 2 aromatic rings. The molecule has 6 heteroatoms. The van der Waals surface area contributed by atoms with Gasteiger partial charge in [0.25, 0.3) is 5.56 Å². The number of anilines is 3. The van der Waals surface area contributed by atoms with Crippen LogP contribution in [0.5, 0.6) is 0 Å². The van der Waals surface area contributed by atoms with E-state index in [0.717, 1.165) is 24.6 Å². The van der Waals surface area contributed by atoms with E-state index >= 15 is 0 Å². The van der Waals surface area contributed by atoms with Crippen LogP contribution in [-0.2, 0) is 6.54 Å². The quantitative estimate of drug-likeness (QED) is 0.939. The summed E-state index contributed by atoms with van der Waals surface area (Å²) in [6.45, 7) is 4.70. The molecule has 1 fully saturated rings. The third-order valence-corrected chi connectivity index (χ3v) is 3.95. The van der Waals surface area contributed by atoms with Gasteiger partial charge in [-0.2, -0.15) is 0 Å². The molecule has 1 aliphatic rings. The van der Waals surface area contributed by atoms with Gasteiger partial charge in [0.05, 0.1) is 11.9 Å². The van der Waals surface area contributed by atoms with Gasteiger partial charge in [-0.05, 0) is 38.3 Å². The van der Waals surface area contributed by atoms with Crippen molar-refractivity contribution in [2.24, 2.45) is 0 Å². The van der Waals surface area contributed by atoms with Crippen molar-refractivity contribution in [3.63, 3.8) is 0 Å². The molecule has 0 aromatic carbocycles. The lowest BCUT2D eigenvalue weighted by Gasteiger charge is -2.27. The fourth-order valence-electron chi connectivity index (χ4n) is 2.69. The predicted octanol–water partition coefficient (Wildman–Crippen LogP) is 2.39. The standard InChI is InChI=1S/C16H21N5O/c1-2-20-11-8-17-15(16(20)22)19-13-6-7-14(18-12-13)21-9-4-3-5-10-21/h6-8,11-12H,2-5,9-10H2,1H3,(H,17,19). The van der Waals surface area contributed by atoms with Crippen molar-refractivity contribution < 1.29 is 0 Å². The van der Waals surface area contributed by atoms with Crippen molar-refractivity contribution in [3.8, 4) is 0 Å². The van der Waals surface area contributed by atoms with Gasteiger partial charge >= 0.3 is 0 Å². The van der Waals surface area contributed by atoms with Crippen molar-refractivity contribution in [2.75, 3.05) is 23.3 Å². The SMILES string of the molecule is CCn1ccnc(Nc2ccc(N3CCCCC3)nc2)c1=O. The fourth-order valence-corrected chi connectivity index (χ4v) is 2.69. The minimum absolute atomic E-state index is 0.120. The monoisotopic (exact) mass is 299 g/mol. The maximum absolute atomic E-state index is 12.1. The fraction of sp³-hybridized carbons (Fsp3) is 0.438. The highest BCUT2D eigenvalue weighted by Gasteiger charge is 2.12. The summed E-state index contributed by atoms with van der Waals surface area (Å²) in [7, 11) is 0. The van der Waals surface area contributed by atoms with E-state index < -0.39 is 0 Å². The minimum atomic E-state index is -0.120. The Hall–Kier alpha value is -2.37. The van der Waals surface area contributed by atoms with Crippen molar-refractivity contribution in [1.82, 2.24) is 14.5 Å². The van der Waals surface area contributed by atoms with Gasteiger partial charge in [-0.3, -0.25) is 4.79 Å². The van der Waals surface area contributed by atoms with Crippen LogP contribution in [0.15, 0.2) is 35.5 Å². The lowest BCUT2D eigenvalue weighted by atomic mass is 10.1. The number of nitrogens with zero attached hydrogens (tertiary/aromatic N) is 4. The first-order valence-electron chi connectivity index (χ1n) is 7.81. The Balaban J connectivity index is 1.75. The maximum atomic E-state index is 12.1. The molecular weight excluding hydrogens is 278 g/mol. The zero-order valence-electron chi connectivity index (χ0n) is 12.8. The zero-order valence-corrected chi connectivity index (χ0v) is 12.8. The van der Waals surface area contributed by atoms with Crippen molar-refractivity contribution >= 4 is 17.3 Å². The van der Waals surface area contributed by atoms with Gasteiger partial charge in [0, 0.05) is 32.0 Å². The van der Waals surface area contributed by atoms with Crippen molar-refractivity contribution in [2.45, 2.75) is 32.7 Å². The van der Waals surface area contributed by atoms with E-state index in [2.05, 4.69) is 20.2 Å².